The number of Topliss-reactive ketones (excluding diaryl/α,β-unsaturated/α-hetero) is 1. The molecular formula is C20H23F2N3O3. The fourth-order valence-corrected chi connectivity index (χ4v) is 2.70. The SMILES string of the molecule is CC(=O)Cc1cc(C(C)NC(=O)c2cnc(OCC(F)F)c(C)c2)cc(C)n1. The van der Waals surface area contributed by atoms with Gasteiger partial charge in [0.1, 0.15) is 5.78 Å². The number of ether oxygens (including phenoxy) is 1. The molecule has 1 amide bonds. The molecule has 0 fully saturated rings. The second-order valence-electron chi connectivity index (χ2n) is 6.66. The second-order valence-corrected chi connectivity index (χ2v) is 6.66. The van der Waals surface area contributed by atoms with Crippen LogP contribution < -0.4 is 10.1 Å². The Hall–Kier alpha value is -2.90. The maximum absolute atomic E-state index is 12.5. The lowest BCUT2D eigenvalue weighted by atomic mass is 10.0. The minimum atomic E-state index is -2.60. The molecule has 1 unspecified atom stereocenters. The van der Waals surface area contributed by atoms with Crippen molar-refractivity contribution in [2.75, 3.05) is 6.61 Å². The van der Waals surface area contributed by atoms with Crippen molar-refractivity contribution in [1.29, 1.82) is 0 Å². The quantitative estimate of drug-likeness (QED) is 0.746. The molecule has 2 aromatic rings. The number of halogens is 2. The summed E-state index contributed by atoms with van der Waals surface area (Å²) < 4.78 is 29.4. The summed E-state index contributed by atoms with van der Waals surface area (Å²) in [5.41, 5.74) is 3.03. The second kappa shape index (κ2) is 9.34. The zero-order chi connectivity index (χ0) is 20.8. The highest BCUT2D eigenvalue weighted by molar-refractivity contribution is 5.94. The Morgan fingerprint density at radius 2 is 1.93 bits per heavy atom. The number of hydrogen-bond donors (Lipinski definition) is 1. The number of aromatic nitrogens is 2. The van der Waals surface area contributed by atoms with Gasteiger partial charge in [-0.3, -0.25) is 14.6 Å². The highest BCUT2D eigenvalue weighted by atomic mass is 19.3. The number of nitrogens with one attached hydrogen (secondary N) is 1. The maximum Gasteiger partial charge on any atom is 0.272 e. The van der Waals surface area contributed by atoms with Gasteiger partial charge in [0.05, 0.1) is 11.6 Å². The van der Waals surface area contributed by atoms with Gasteiger partial charge in [-0.25, -0.2) is 13.8 Å². The number of hydrogen-bond acceptors (Lipinski definition) is 5. The van der Waals surface area contributed by atoms with Crippen LogP contribution in [0.15, 0.2) is 24.4 Å². The largest absolute Gasteiger partial charge is 0.471 e. The van der Waals surface area contributed by atoms with E-state index in [2.05, 4.69) is 15.3 Å². The van der Waals surface area contributed by atoms with Crippen molar-refractivity contribution >= 4 is 11.7 Å². The highest BCUT2D eigenvalue weighted by Crippen LogP contribution is 2.19. The zero-order valence-electron chi connectivity index (χ0n) is 16.3. The van der Waals surface area contributed by atoms with Gasteiger partial charge in [0, 0.05) is 29.6 Å². The van der Waals surface area contributed by atoms with Crippen LogP contribution in [0, 0.1) is 13.8 Å². The van der Waals surface area contributed by atoms with E-state index in [9.17, 15) is 18.4 Å². The average Bonchev–Trinajstić information content (AvgIpc) is 2.59. The molecular weight excluding hydrogens is 368 g/mol. The molecule has 0 aromatic carbocycles. The van der Waals surface area contributed by atoms with Gasteiger partial charge in [-0.1, -0.05) is 0 Å². The van der Waals surface area contributed by atoms with Gasteiger partial charge in [-0.15, -0.1) is 0 Å². The van der Waals surface area contributed by atoms with E-state index in [-0.39, 0.29) is 30.0 Å². The van der Waals surface area contributed by atoms with Crippen molar-refractivity contribution in [3.63, 3.8) is 0 Å². The molecule has 0 aliphatic carbocycles. The van der Waals surface area contributed by atoms with Crippen LogP contribution in [0.25, 0.3) is 0 Å². The van der Waals surface area contributed by atoms with E-state index >= 15 is 0 Å². The van der Waals surface area contributed by atoms with E-state index in [1.807, 2.05) is 19.9 Å². The predicted molar refractivity (Wildman–Crippen MR) is 99.7 cm³/mol. The summed E-state index contributed by atoms with van der Waals surface area (Å²) in [5, 5.41) is 2.86. The summed E-state index contributed by atoms with van der Waals surface area (Å²) >= 11 is 0. The number of rotatable bonds is 8. The molecule has 2 rings (SSSR count). The number of alkyl halides is 2. The van der Waals surface area contributed by atoms with Crippen LogP contribution in [0.2, 0.25) is 0 Å². The van der Waals surface area contributed by atoms with Crippen LogP contribution in [0.3, 0.4) is 0 Å². The zero-order valence-corrected chi connectivity index (χ0v) is 16.3. The third kappa shape index (κ3) is 6.07. The predicted octanol–water partition coefficient (Wildman–Crippen LogP) is 3.36. The Morgan fingerprint density at radius 1 is 1.21 bits per heavy atom. The van der Waals surface area contributed by atoms with Gasteiger partial charge in [-0.2, -0.15) is 0 Å². The van der Waals surface area contributed by atoms with Gasteiger partial charge in [0.2, 0.25) is 5.88 Å². The Kier molecular flexibility index (Phi) is 7.14. The summed E-state index contributed by atoms with van der Waals surface area (Å²) in [5.74, 6) is -0.272. The van der Waals surface area contributed by atoms with Gasteiger partial charge < -0.3 is 10.1 Å². The van der Waals surface area contributed by atoms with Crippen LogP contribution in [-0.4, -0.2) is 34.7 Å². The Labute approximate surface area is 162 Å². The first-order valence-corrected chi connectivity index (χ1v) is 8.81. The summed E-state index contributed by atoms with van der Waals surface area (Å²) in [6, 6.07) is 4.85. The molecule has 0 spiro atoms. The van der Waals surface area contributed by atoms with Crippen molar-refractivity contribution in [2.45, 2.75) is 46.6 Å². The lowest BCUT2D eigenvalue weighted by Gasteiger charge is -2.16. The molecule has 0 aliphatic heterocycles. The molecule has 6 nitrogen and oxygen atoms in total. The number of carbonyl (C=O) groups excluding carboxylic acids is 2. The highest BCUT2D eigenvalue weighted by Gasteiger charge is 2.16. The van der Waals surface area contributed by atoms with Crippen molar-refractivity contribution in [3.8, 4) is 5.88 Å². The molecule has 1 atom stereocenters. The number of nitrogens with zero attached hydrogens (tertiary/aromatic N) is 2. The fourth-order valence-electron chi connectivity index (χ4n) is 2.70. The smallest absolute Gasteiger partial charge is 0.272 e. The van der Waals surface area contributed by atoms with Crippen molar-refractivity contribution < 1.29 is 23.1 Å². The lowest BCUT2D eigenvalue weighted by Crippen LogP contribution is -2.27. The normalized spacial score (nSPS) is 12.0. The Bertz CT molecular complexity index is 872. The van der Waals surface area contributed by atoms with E-state index in [1.54, 1.807) is 13.0 Å². The number of pyridine rings is 2. The molecule has 2 heterocycles. The van der Waals surface area contributed by atoms with Gasteiger partial charge in [-0.05, 0) is 51.5 Å². The van der Waals surface area contributed by atoms with E-state index in [4.69, 9.17) is 4.74 Å². The first-order chi connectivity index (χ1) is 13.2. The molecule has 1 N–H and O–H groups in total. The van der Waals surface area contributed by atoms with E-state index < -0.39 is 13.0 Å². The molecule has 150 valence electrons. The van der Waals surface area contributed by atoms with Crippen LogP contribution >= 0.6 is 0 Å². The van der Waals surface area contributed by atoms with Crippen LogP contribution in [0.1, 0.15) is 52.8 Å². The molecule has 28 heavy (non-hydrogen) atoms. The summed E-state index contributed by atoms with van der Waals surface area (Å²) in [4.78, 5) is 32.1. The van der Waals surface area contributed by atoms with Gasteiger partial charge >= 0.3 is 0 Å². The third-order valence-electron chi connectivity index (χ3n) is 3.94. The first-order valence-electron chi connectivity index (χ1n) is 8.81. The average molecular weight is 391 g/mol. The van der Waals surface area contributed by atoms with Crippen molar-refractivity contribution in [2.24, 2.45) is 0 Å². The lowest BCUT2D eigenvalue weighted by molar-refractivity contribution is -0.116. The minimum absolute atomic E-state index is 0.0106. The van der Waals surface area contributed by atoms with E-state index in [0.29, 0.717) is 16.8 Å². The number of ketones is 1. The monoisotopic (exact) mass is 391 g/mol. The van der Waals surface area contributed by atoms with Crippen LogP contribution in [0.5, 0.6) is 5.88 Å². The van der Waals surface area contributed by atoms with Crippen molar-refractivity contribution in [1.82, 2.24) is 15.3 Å². The maximum atomic E-state index is 12.5. The number of amides is 1. The fraction of sp³-hybridized carbons (Fsp3) is 0.400. The Balaban J connectivity index is 2.11. The molecule has 0 bridgehead atoms. The molecule has 8 heteroatoms. The molecule has 0 saturated carbocycles. The molecule has 2 aromatic heterocycles. The van der Waals surface area contributed by atoms with Gasteiger partial charge in [0.15, 0.2) is 6.61 Å². The molecule has 0 radical (unpaired) electrons. The standard InChI is InChI=1S/C20H23F2N3O3/c1-11-5-16(9-23-20(11)28-10-18(21)22)19(27)25-14(4)15-6-12(2)24-17(8-15)7-13(3)26/h5-6,8-9,14,18H,7,10H2,1-4H3,(H,25,27). The number of aryl methyl sites for hydroxylation is 2. The van der Waals surface area contributed by atoms with Crippen molar-refractivity contribution in [3.05, 3.63) is 52.5 Å². The van der Waals surface area contributed by atoms with Crippen LogP contribution in [0.4, 0.5) is 8.78 Å². The Morgan fingerprint density at radius 3 is 2.54 bits per heavy atom. The summed E-state index contributed by atoms with van der Waals surface area (Å²) in [6.45, 7) is 6.03. The first kappa shape index (κ1) is 21.4. The third-order valence-corrected chi connectivity index (χ3v) is 3.94. The van der Waals surface area contributed by atoms with Crippen LogP contribution in [-0.2, 0) is 11.2 Å². The number of carbonyl (C=O) groups is 2. The van der Waals surface area contributed by atoms with E-state index in [1.165, 1.54) is 19.2 Å². The molecule has 0 saturated heterocycles. The minimum Gasteiger partial charge on any atom is -0.471 e. The summed E-state index contributed by atoms with van der Waals surface area (Å²) in [6.07, 6.45) is -1.07. The molecule has 0 aliphatic rings. The van der Waals surface area contributed by atoms with Gasteiger partial charge in [0.25, 0.3) is 12.3 Å². The van der Waals surface area contributed by atoms with E-state index in [0.717, 1.165) is 11.3 Å². The topological polar surface area (TPSA) is 81.2 Å². The summed E-state index contributed by atoms with van der Waals surface area (Å²) in [7, 11) is 0.